The van der Waals surface area contributed by atoms with Gasteiger partial charge in [0.1, 0.15) is 37.5 Å². The maximum atomic E-state index is 13.3. The number of aromatic hydroxyl groups is 1. The molecule has 6 aromatic carbocycles. The molecule has 29 heteroatoms. The molecule has 0 bridgehead atoms. The largest absolute Gasteiger partial charge is 0.505 e. The van der Waals surface area contributed by atoms with Crippen LogP contribution in [0.25, 0.3) is 21.5 Å². The van der Waals surface area contributed by atoms with Gasteiger partial charge in [-0.25, -0.2) is 10.2 Å². The minimum Gasteiger partial charge on any atom is -0.505 e. The van der Waals surface area contributed by atoms with Gasteiger partial charge in [0.15, 0.2) is 17.5 Å². The number of azo groups is 2. The van der Waals surface area contributed by atoms with E-state index in [1.54, 1.807) is 0 Å². The Morgan fingerprint density at radius 2 is 1.33 bits per heavy atom. The number of hydrogen-bond acceptors (Lipinski definition) is 19. The number of anilines is 2. The number of hydrazine groups is 1. The fourth-order valence-electron chi connectivity index (χ4n) is 6.66. The number of nitrogens with zero attached hydrogens (tertiary/aromatic N) is 6. The summed E-state index contributed by atoms with van der Waals surface area (Å²) in [6.07, 6.45) is 0. The number of methoxy groups -OCH3 is 1. The van der Waals surface area contributed by atoms with Gasteiger partial charge in [0.05, 0.1) is 23.4 Å². The minimum absolute atomic E-state index is 0.0288. The number of carbonyl (C=O) groups is 2. The maximum absolute atomic E-state index is 13.3. The molecule has 0 aromatic heterocycles. The lowest BCUT2D eigenvalue weighted by atomic mass is 10.1. The molecule has 0 aliphatic carbocycles. The quantitative estimate of drug-likeness (QED) is 0.0373. The third-order valence-corrected chi connectivity index (χ3v) is 13.3. The van der Waals surface area contributed by atoms with Gasteiger partial charge in [0.25, 0.3) is 46.4 Å². The lowest BCUT2D eigenvalue weighted by Gasteiger charge is -2.17. The molecule has 1 unspecified atom stereocenters. The van der Waals surface area contributed by atoms with Gasteiger partial charge >= 0.3 is 5.97 Å². The number of amides is 1. The molecule has 25 nitrogen and oxygen atoms in total. The first-order valence-corrected chi connectivity index (χ1v) is 24.1. The highest BCUT2D eigenvalue weighted by Gasteiger charge is 2.41. The standard InChI is InChI=1S/C38H30N8O17S4/c1-18-13-27(29(63-2)16-26(18)40-42-28-17-30(65(54,55)56)24-5-3-4-6-25(24)36(28)67(60,61)62)41-43-32-31(66(57,58)59)15-19-14-20(7-12-23(19)35(32)47)39-44-33-34(38(49)50)45-46(37(33)48)21-8-10-22(11-9-21)64(51,52)53/h3-17,33,39,44,47H,1-2H3,(H,49,50)(H,51,52,53)(H,54,55,56)(H,57,58,59)(H,60,61,62). The van der Waals surface area contributed by atoms with Crippen molar-refractivity contribution in [2.45, 2.75) is 32.5 Å². The second-order valence-corrected chi connectivity index (χ2v) is 19.6. The topological polar surface area (TPSA) is 390 Å². The molecule has 0 saturated carbocycles. The number of benzene rings is 6. The predicted molar refractivity (Wildman–Crippen MR) is 234 cm³/mol. The zero-order valence-electron chi connectivity index (χ0n) is 33.7. The Morgan fingerprint density at radius 1 is 0.701 bits per heavy atom. The SMILES string of the molecule is COc1cc(N=Nc2cc(S(=O)(=O)O)c3ccccc3c2S(=O)(=O)O)c(C)cc1N=Nc1c(S(=O)(=O)O)cc2cc(NNC3C(=O)N(c4ccc(S(=O)(=O)O)cc4)N=C3C(=O)O)ccc2c1O. The lowest BCUT2D eigenvalue weighted by Crippen LogP contribution is -2.48. The molecule has 0 radical (unpaired) electrons. The summed E-state index contributed by atoms with van der Waals surface area (Å²) in [5, 5.41) is 40.8. The van der Waals surface area contributed by atoms with E-state index >= 15 is 0 Å². The second kappa shape index (κ2) is 17.5. The van der Waals surface area contributed by atoms with E-state index in [0.717, 1.165) is 30.3 Å². The zero-order chi connectivity index (χ0) is 49.0. The number of carboxylic acid groups (broad SMARTS) is 1. The highest BCUT2D eigenvalue weighted by molar-refractivity contribution is 7.87. The molecule has 0 fully saturated rings. The highest BCUT2D eigenvalue weighted by Crippen LogP contribution is 2.44. The number of phenolic OH excluding ortho intramolecular Hbond substituents is 1. The molecule has 1 atom stereocenters. The number of aliphatic carboxylic acids is 1. The fourth-order valence-corrected chi connectivity index (χ4v) is 9.33. The van der Waals surface area contributed by atoms with Crippen LogP contribution in [0, 0.1) is 6.92 Å². The van der Waals surface area contributed by atoms with Crippen molar-refractivity contribution in [3.63, 3.8) is 0 Å². The number of carbonyl (C=O) groups excluding carboxylic acids is 1. The molecule has 6 aromatic rings. The van der Waals surface area contributed by atoms with Crippen LogP contribution in [0.1, 0.15) is 5.56 Å². The molecular weight excluding hydrogens is 969 g/mol. The number of ether oxygens (including phenoxy) is 1. The van der Waals surface area contributed by atoms with Crippen LogP contribution in [0.5, 0.6) is 11.5 Å². The van der Waals surface area contributed by atoms with Gasteiger partial charge in [-0.3, -0.25) is 23.0 Å². The van der Waals surface area contributed by atoms with Crippen molar-refractivity contribution in [3.8, 4) is 11.5 Å². The molecule has 67 heavy (non-hydrogen) atoms. The van der Waals surface area contributed by atoms with Crippen LogP contribution in [-0.4, -0.2) is 92.8 Å². The molecule has 0 spiro atoms. The number of hydrogen-bond donors (Lipinski definition) is 8. The third kappa shape index (κ3) is 9.65. The Kier molecular flexibility index (Phi) is 12.4. The van der Waals surface area contributed by atoms with Crippen molar-refractivity contribution in [1.29, 1.82) is 0 Å². The number of carboxylic acids is 1. The van der Waals surface area contributed by atoms with E-state index in [-0.39, 0.29) is 55.6 Å². The first kappa shape index (κ1) is 47.6. The fraction of sp³-hybridized carbons (Fsp3) is 0.0789. The summed E-state index contributed by atoms with van der Waals surface area (Å²) in [5.41, 5.74) is 3.16. The second-order valence-electron chi connectivity index (χ2n) is 14.0. The third-order valence-electron chi connectivity index (χ3n) is 9.72. The van der Waals surface area contributed by atoms with Crippen LogP contribution in [0.2, 0.25) is 0 Å². The average Bonchev–Trinajstić information content (AvgIpc) is 3.58. The summed E-state index contributed by atoms with van der Waals surface area (Å²) in [5.74, 6) is -3.42. The van der Waals surface area contributed by atoms with Crippen LogP contribution in [0.15, 0.2) is 136 Å². The Morgan fingerprint density at radius 3 is 1.93 bits per heavy atom. The van der Waals surface area contributed by atoms with Crippen molar-refractivity contribution in [3.05, 3.63) is 96.6 Å². The number of rotatable bonds is 14. The van der Waals surface area contributed by atoms with E-state index in [0.29, 0.717) is 11.1 Å². The Bertz CT molecular complexity index is 3660. The van der Waals surface area contributed by atoms with E-state index in [4.69, 9.17) is 4.74 Å². The van der Waals surface area contributed by atoms with Gasteiger partial charge in [0, 0.05) is 27.9 Å². The van der Waals surface area contributed by atoms with E-state index < -0.39 is 101 Å². The number of phenols is 1. The van der Waals surface area contributed by atoms with Gasteiger partial charge in [-0.15, -0.1) is 15.3 Å². The summed E-state index contributed by atoms with van der Waals surface area (Å²) in [6.45, 7) is 1.47. The number of hydrazone groups is 1. The van der Waals surface area contributed by atoms with E-state index in [9.17, 15) is 71.7 Å². The normalized spacial score (nSPS) is 15.0. The molecule has 0 saturated heterocycles. The van der Waals surface area contributed by atoms with Crippen LogP contribution in [-0.2, 0) is 50.1 Å². The summed E-state index contributed by atoms with van der Waals surface area (Å²) in [4.78, 5) is 22.3. The average molecular weight is 999 g/mol. The molecule has 348 valence electrons. The highest BCUT2D eigenvalue weighted by atomic mass is 32.2. The predicted octanol–water partition coefficient (Wildman–Crippen LogP) is 5.61. The first-order valence-electron chi connectivity index (χ1n) is 18.3. The molecule has 1 heterocycles. The summed E-state index contributed by atoms with van der Waals surface area (Å²) in [6, 6.07) is 15.6. The van der Waals surface area contributed by atoms with Crippen LogP contribution in [0.3, 0.4) is 0 Å². The van der Waals surface area contributed by atoms with Gasteiger partial charge in [0.2, 0.25) is 0 Å². The smallest absolute Gasteiger partial charge is 0.354 e. The first-order chi connectivity index (χ1) is 31.3. The number of nitrogens with one attached hydrogen (secondary N) is 2. The van der Waals surface area contributed by atoms with Crippen LogP contribution >= 0.6 is 0 Å². The summed E-state index contributed by atoms with van der Waals surface area (Å²) >= 11 is 0. The minimum atomic E-state index is -5.16. The van der Waals surface area contributed by atoms with Crippen molar-refractivity contribution < 1.29 is 76.4 Å². The Labute approximate surface area is 377 Å². The van der Waals surface area contributed by atoms with Gasteiger partial charge in [-0.1, -0.05) is 24.3 Å². The van der Waals surface area contributed by atoms with Crippen molar-refractivity contribution in [2.75, 3.05) is 17.5 Å². The van der Waals surface area contributed by atoms with E-state index in [1.807, 2.05) is 0 Å². The van der Waals surface area contributed by atoms with Gasteiger partial charge in [-0.05, 0) is 78.5 Å². The van der Waals surface area contributed by atoms with Crippen molar-refractivity contribution >= 4 is 114 Å². The monoisotopic (exact) mass is 998 g/mol. The van der Waals surface area contributed by atoms with Crippen LogP contribution < -0.4 is 20.6 Å². The van der Waals surface area contributed by atoms with Gasteiger partial charge < -0.3 is 20.4 Å². The summed E-state index contributed by atoms with van der Waals surface area (Å²) in [7, 11) is -18.6. The maximum Gasteiger partial charge on any atom is 0.354 e. The molecule has 8 N–H and O–H groups in total. The zero-order valence-corrected chi connectivity index (χ0v) is 37.0. The Hall–Kier alpha value is -7.35. The van der Waals surface area contributed by atoms with E-state index in [1.165, 1.54) is 68.6 Å². The summed E-state index contributed by atoms with van der Waals surface area (Å²) < 4.78 is 142. The van der Waals surface area contributed by atoms with E-state index in [2.05, 4.69) is 36.4 Å². The van der Waals surface area contributed by atoms with Gasteiger partial charge in [-0.2, -0.15) is 48.9 Å². The number of aryl methyl sites for hydroxylation is 1. The van der Waals surface area contributed by atoms with Crippen molar-refractivity contribution in [1.82, 2.24) is 5.43 Å². The molecule has 1 aliphatic rings. The lowest BCUT2D eigenvalue weighted by molar-refractivity contribution is -0.130. The van der Waals surface area contributed by atoms with Crippen molar-refractivity contribution in [2.24, 2.45) is 25.6 Å². The molecule has 1 aliphatic heterocycles. The molecule has 7 rings (SSSR count). The van der Waals surface area contributed by atoms with Crippen LogP contribution in [0.4, 0.5) is 34.1 Å². The molecular formula is C38H30N8O17S4. The molecule has 1 amide bonds. The Balaban J connectivity index is 1.18. The number of fused-ring (bicyclic) bond motifs is 2.